The highest BCUT2D eigenvalue weighted by molar-refractivity contribution is 14.1. The highest BCUT2D eigenvalue weighted by Crippen LogP contribution is 2.21. The molecule has 3 rings (SSSR count). The summed E-state index contributed by atoms with van der Waals surface area (Å²) in [6.07, 6.45) is 1.64. The smallest absolute Gasteiger partial charge is 0.261 e. The van der Waals surface area contributed by atoms with Crippen LogP contribution in [-0.4, -0.2) is 14.0 Å². The lowest BCUT2D eigenvalue weighted by atomic mass is 10.0. The number of rotatable bonds is 3. The van der Waals surface area contributed by atoms with Gasteiger partial charge in [0, 0.05) is 11.0 Å². The van der Waals surface area contributed by atoms with Crippen molar-refractivity contribution in [2.45, 2.75) is 6.54 Å². The van der Waals surface area contributed by atoms with E-state index >= 15 is 0 Å². The molecule has 0 radical (unpaired) electrons. The Labute approximate surface area is 130 Å². The highest BCUT2D eigenvalue weighted by atomic mass is 127. The quantitative estimate of drug-likeness (QED) is 0.518. The lowest BCUT2D eigenvalue weighted by Gasteiger charge is -2.06. The highest BCUT2D eigenvalue weighted by Gasteiger charge is 2.05. The Morgan fingerprint density at radius 2 is 1.85 bits per heavy atom. The molecular weight excluding hydrogens is 363 g/mol. The molecule has 4 heteroatoms. The second kappa shape index (κ2) is 5.75. The minimum atomic E-state index is 0.0336. The van der Waals surface area contributed by atoms with Crippen molar-refractivity contribution in [3.8, 4) is 11.1 Å². The molecule has 0 fully saturated rings. The van der Waals surface area contributed by atoms with E-state index in [0.29, 0.717) is 11.9 Å². The van der Waals surface area contributed by atoms with E-state index in [4.69, 9.17) is 0 Å². The van der Waals surface area contributed by atoms with Crippen molar-refractivity contribution in [2.75, 3.05) is 4.43 Å². The van der Waals surface area contributed by atoms with Gasteiger partial charge in [-0.3, -0.25) is 9.36 Å². The Bertz CT molecular complexity index is 796. The van der Waals surface area contributed by atoms with Crippen LogP contribution in [0, 0.1) is 0 Å². The van der Waals surface area contributed by atoms with Crippen molar-refractivity contribution in [1.29, 1.82) is 0 Å². The fourth-order valence-electron chi connectivity index (χ4n) is 2.22. The van der Waals surface area contributed by atoms with Crippen molar-refractivity contribution in [1.82, 2.24) is 9.55 Å². The van der Waals surface area contributed by atoms with Gasteiger partial charge < -0.3 is 0 Å². The van der Waals surface area contributed by atoms with E-state index in [1.807, 2.05) is 36.4 Å². The fourth-order valence-corrected chi connectivity index (χ4v) is 2.74. The second-order valence-corrected chi connectivity index (χ2v) is 5.61. The normalized spacial score (nSPS) is 10.8. The molecule has 1 aromatic heterocycles. The molecule has 0 aliphatic rings. The van der Waals surface area contributed by atoms with E-state index in [9.17, 15) is 4.79 Å². The zero-order chi connectivity index (χ0) is 13.9. The van der Waals surface area contributed by atoms with E-state index in [-0.39, 0.29) is 5.56 Å². The molecule has 2 aromatic carbocycles. The van der Waals surface area contributed by atoms with Gasteiger partial charge in [-0.05, 0) is 23.3 Å². The Morgan fingerprint density at radius 1 is 1.05 bits per heavy atom. The molecule has 3 nitrogen and oxygen atoms in total. The number of halogens is 1. The largest absolute Gasteiger partial charge is 0.298 e. The van der Waals surface area contributed by atoms with Gasteiger partial charge in [-0.2, -0.15) is 0 Å². The predicted molar refractivity (Wildman–Crippen MR) is 90.3 cm³/mol. The van der Waals surface area contributed by atoms with E-state index in [1.165, 1.54) is 0 Å². The van der Waals surface area contributed by atoms with Gasteiger partial charge in [-0.15, -0.1) is 0 Å². The van der Waals surface area contributed by atoms with Crippen LogP contribution in [0.3, 0.4) is 0 Å². The Morgan fingerprint density at radius 3 is 2.60 bits per heavy atom. The van der Waals surface area contributed by atoms with Crippen molar-refractivity contribution in [3.63, 3.8) is 0 Å². The van der Waals surface area contributed by atoms with Crippen LogP contribution in [0.15, 0.2) is 59.7 Å². The van der Waals surface area contributed by atoms with Gasteiger partial charge in [0.15, 0.2) is 0 Å². The molecule has 0 unspecified atom stereocenters. The number of nitrogens with zero attached hydrogens (tertiary/aromatic N) is 2. The first-order valence-corrected chi connectivity index (χ1v) is 7.93. The number of aryl methyl sites for hydroxylation is 1. The summed E-state index contributed by atoms with van der Waals surface area (Å²) in [5, 5.41) is 0.678. The monoisotopic (exact) mass is 376 g/mol. The molecule has 0 saturated heterocycles. The van der Waals surface area contributed by atoms with E-state index < -0.39 is 0 Å². The molecule has 3 aromatic rings. The first-order valence-electron chi connectivity index (χ1n) is 6.40. The van der Waals surface area contributed by atoms with E-state index in [0.717, 1.165) is 21.1 Å². The van der Waals surface area contributed by atoms with Crippen molar-refractivity contribution < 1.29 is 0 Å². The summed E-state index contributed by atoms with van der Waals surface area (Å²) in [5.74, 6) is 0. The molecule has 0 atom stereocenters. The lowest BCUT2D eigenvalue weighted by Crippen LogP contribution is -2.21. The molecule has 0 N–H and O–H groups in total. The average molecular weight is 376 g/mol. The number of fused-ring (bicyclic) bond motifs is 1. The maximum absolute atomic E-state index is 12.3. The summed E-state index contributed by atoms with van der Waals surface area (Å²) in [4.78, 5) is 16.7. The molecule has 0 bridgehead atoms. The third-order valence-corrected chi connectivity index (χ3v) is 3.74. The number of alkyl halides is 1. The Hall–Kier alpha value is -1.69. The summed E-state index contributed by atoms with van der Waals surface area (Å²) in [6.45, 7) is 0.697. The van der Waals surface area contributed by atoms with Gasteiger partial charge in [-0.1, -0.05) is 59.0 Å². The standard InChI is InChI=1S/C16H13IN2O/c17-8-9-19-11-18-15-10-13(6-7-14(15)16(19)20)12-4-2-1-3-5-12/h1-7,10-11H,8-9H2. The third-order valence-electron chi connectivity index (χ3n) is 3.26. The van der Waals surface area contributed by atoms with Crippen LogP contribution >= 0.6 is 22.6 Å². The Kier molecular flexibility index (Phi) is 3.82. The van der Waals surface area contributed by atoms with E-state index in [2.05, 4.69) is 39.7 Å². The zero-order valence-corrected chi connectivity index (χ0v) is 12.9. The van der Waals surface area contributed by atoms with Crippen LogP contribution in [0.1, 0.15) is 0 Å². The van der Waals surface area contributed by atoms with Crippen LogP contribution in [0.25, 0.3) is 22.0 Å². The molecule has 0 spiro atoms. The van der Waals surface area contributed by atoms with Gasteiger partial charge in [-0.25, -0.2) is 4.98 Å². The van der Waals surface area contributed by atoms with Gasteiger partial charge >= 0.3 is 0 Å². The number of hydrogen-bond acceptors (Lipinski definition) is 2. The molecule has 100 valence electrons. The SMILES string of the molecule is O=c1c2ccc(-c3ccccc3)cc2ncn1CCI. The predicted octanol–water partition coefficient (Wildman–Crippen LogP) is 3.50. The first kappa shape index (κ1) is 13.3. The van der Waals surface area contributed by atoms with Gasteiger partial charge in [0.2, 0.25) is 0 Å². The second-order valence-electron chi connectivity index (χ2n) is 4.53. The summed E-state index contributed by atoms with van der Waals surface area (Å²) < 4.78 is 2.56. The average Bonchev–Trinajstić information content (AvgIpc) is 2.51. The summed E-state index contributed by atoms with van der Waals surface area (Å²) >= 11 is 2.26. The van der Waals surface area contributed by atoms with E-state index in [1.54, 1.807) is 10.9 Å². The van der Waals surface area contributed by atoms with Crippen LogP contribution < -0.4 is 5.56 Å². The summed E-state index contributed by atoms with van der Waals surface area (Å²) in [7, 11) is 0. The summed E-state index contributed by atoms with van der Waals surface area (Å²) in [6, 6.07) is 15.9. The molecule has 0 saturated carbocycles. The molecule has 0 aliphatic heterocycles. The summed E-state index contributed by atoms with van der Waals surface area (Å²) in [5.41, 5.74) is 3.00. The van der Waals surface area contributed by atoms with Crippen molar-refractivity contribution in [2.24, 2.45) is 0 Å². The third kappa shape index (κ3) is 2.47. The van der Waals surface area contributed by atoms with Crippen LogP contribution in [0.5, 0.6) is 0 Å². The van der Waals surface area contributed by atoms with Crippen molar-refractivity contribution in [3.05, 3.63) is 65.2 Å². The van der Waals surface area contributed by atoms with Gasteiger partial charge in [0.05, 0.1) is 17.2 Å². The topological polar surface area (TPSA) is 34.9 Å². The van der Waals surface area contributed by atoms with Crippen LogP contribution in [-0.2, 0) is 6.54 Å². The maximum Gasteiger partial charge on any atom is 0.261 e. The van der Waals surface area contributed by atoms with Crippen LogP contribution in [0.2, 0.25) is 0 Å². The van der Waals surface area contributed by atoms with Crippen LogP contribution in [0.4, 0.5) is 0 Å². The minimum absolute atomic E-state index is 0.0336. The molecular formula is C16H13IN2O. The molecule has 0 amide bonds. The maximum atomic E-state index is 12.3. The zero-order valence-electron chi connectivity index (χ0n) is 10.8. The fraction of sp³-hybridized carbons (Fsp3) is 0.125. The number of aromatic nitrogens is 2. The van der Waals surface area contributed by atoms with Gasteiger partial charge in [0.25, 0.3) is 5.56 Å². The van der Waals surface area contributed by atoms with Crippen molar-refractivity contribution >= 4 is 33.5 Å². The molecule has 20 heavy (non-hydrogen) atoms. The Balaban J connectivity index is 2.14. The molecule has 0 aliphatic carbocycles. The number of hydrogen-bond donors (Lipinski definition) is 0. The number of benzene rings is 2. The molecule has 1 heterocycles. The van der Waals surface area contributed by atoms with Gasteiger partial charge in [0.1, 0.15) is 0 Å². The lowest BCUT2D eigenvalue weighted by molar-refractivity contribution is 0.732. The minimum Gasteiger partial charge on any atom is -0.298 e. The first-order chi connectivity index (χ1) is 9.79.